The van der Waals surface area contributed by atoms with Crippen LogP contribution in [0.1, 0.15) is 63.6 Å². The van der Waals surface area contributed by atoms with E-state index in [0.29, 0.717) is 17.2 Å². The summed E-state index contributed by atoms with van der Waals surface area (Å²) in [4.78, 5) is 52.5. The van der Waals surface area contributed by atoms with Crippen molar-refractivity contribution < 1.29 is 14.3 Å². The van der Waals surface area contributed by atoms with Gasteiger partial charge < -0.3 is 10.5 Å². The Bertz CT molecular complexity index is 1050. The van der Waals surface area contributed by atoms with Crippen LogP contribution in [0.3, 0.4) is 0 Å². The van der Waals surface area contributed by atoms with E-state index < -0.39 is 29.6 Å². The number of H-pyrrole nitrogens is 1. The Balaban J connectivity index is 1.72. The average molecular weight is 420 g/mol. The van der Waals surface area contributed by atoms with E-state index in [1.54, 1.807) is 0 Å². The lowest BCUT2D eigenvalue weighted by Crippen LogP contribution is -2.37. The molecule has 2 heterocycles. The number of ether oxygens (including phenoxy) is 1. The molecule has 156 valence electrons. The minimum absolute atomic E-state index is 0.209. The molecule has 2 aromatic rings. The lowest BCUT2D eigenvalue weighted by Gasteiger charge is -2.19. The molecule has 0 amide bonds. The number of aromatic nitrogens is 2. The van der Waals surface area contributed by atoms with Gasteiger partial charge in [0.1, 0.15) is 16.3 Å². The predicted octanol–water partition coefficient (Wildman–Crippen LogP) is 2.14. The van der Waals surface area contributed by atoms with Crippen LogP contribution in [0.4, 0.5) is 5.82 Å². The molecule has 0 spiro atoms. The van der Waals surface area contributed by atoms with Crippen LogP contribution >= 0.6 is 11.3 Å². The minimum Gasteiger partial charge on any atom is -0.453 e. The van der Waals surface area contributed by atoms with Crippen molar-refractivity contribution in [1.82, 2.24) is 9.55 Å². The normalized spacial score (nSPS) is 15.7. The number of anilines is 1. The molecule has 9 heteroatoms. The van der Waals surface area contributed by atoms with Crippen molar-refractivity contribution in [2.45, 2.75) is 52.5 Å². The summed E-state index contributed by atoms with van der Waals surface area (Å²) in [6.07, 6.45) is 4.74. The summed E-state index contributed by atoms with van der Waals surface area (Å²) in [5.41, 5.74) is 5.14. The number of carbonyl (C=O) groups excluding carboxylic acids is 2. The maximum atomic E-state index is 12.5. The molecule has 1 atom stereocenters. The number of aryl methyl sites for hydroxylation is 1. The van der Waals surface area contributed by atoms with Gasteiger partial charge in [0.2, 0.25) is 5.78 Å². The number of aromatic amines is 1. The second-order valence-corrected chi connectivity index (χ2v) is 8.38. The summed E-state index contributed by atoms with van der Waals surface area (Å²) in [5, 5.41) is 0. The monoisotopic (exact) mass is 419 g/mol. The van der Waals surface area contributed by atoms with E-state index >= 15 is 0 Å². The Kier molecular flexibility index (Phi) is 6.36. The summed E-state index contributed by atoms with van der Waals surface area (Å²) in [5.74, 6) is -0.910. The third kappa shape index (κ3) is 4.34. The quantitative estimate of drug-likeness (QED) is 0.523. The van der Waals surface area contributed by atoms with Gasteiger partial charge in [-0.3, -0.25) is 19.1 Å². The molecule has 3 N–H and O–H groups in total. The maximum absolute atomic E-state index is 12.5. The van der Waals surface area contributed by atoms with E-state index in [0.717, 1.165) is 30.3 Å². The van der Waals surface area contributed by atoms with Crippen molar-refractivity contribution in [2.24, 2.45) is 5.92 Å². The third-order valence-corrected chi connectivity index (χ3v) is 6.48. The standard InChI is InChI=1S/C20H25N3O5S/c1-3-7-23-17(21)16(18(25)22-20(23)27)13(24)10-28-19(26)15-9-12-8-11(4-2)5-6-14(12)29-15/h9,11H,3-8,10,21H2,1-2H3,(H,22,25,27)/t11-/m0/s1. The summed E-state index contributed by atoms with van der Waals surface area (Å²) in [6, 6.07) is 1.84. The summed E-state index contributed by atoms with van der Waals surface area (Å²) >= 11 is 1.40. The number of thiophene rings is 1. The van der Waals surface area contributed by atoms with Gasteiger partial charge in [0.15, 0.2) is 6.61 Å². The molecule has 1 aliphatic carbocycles. The number of nitrogens with zero attached hydrogens (tertiary/aromatic N) is 1. The van der Waals surface area contributed by atoms with Crippen molar-refractivity contribution in [1.29, 1.82) is 0 Å². The van der Waals surface area contributed by atoms with E-state index in [-0.39, 0.29) is 17.9 Å². The van der Waals surface area contributed by atoms with Crippen LogP contribution in [0.5, 0.6) is 0 Å². The van der Waals surface area contributed by atoms with Crippen LogP contribution in [0.15, 0.2) is 15.7 Å². The number of fused-ring (bicyclic) bond motifs is 1. The Hall–Kier alpha value is -2.68. The molecule has 0 radical (unpaired) electrons. The highest BCUT2D eigenvalue weighted by atomic mass is 32.1. The first kappa shape index (κ1) is 21.0. The molecule has 2 aromatic heterocycles. The fraction of sp³-hybridized carbons (Fsp3) is 0.500. The van der Waals surface area contributed by atoms with E-state index in [1.807, 2.05) is 13.0 Å². The van der Waals surface area contributed by atoms with Gasteiger partial charge in [-0.1, -0.05) is 20.3 Å². The summed E-state index contributed by atoms with van der Waals surface area (Å²) in [7, 11) is 0. The number of nitrogen functional groups attached to an aromatic ring is 1. The number of nitrogens with one attached hydrogen (secondary N) is 1. The Labute approximate surface area is 171 Å². The number of ketones is 1. The van der Waals surface area contributed by atoms with Crippen LogP contribution in [-0.2, 0) is 24.1 Å². The van der Waals surface area contributed by atoms with Crippen LogP contribution in [0.2, 0.25) is 0 Å². The Morgan fingerprint density at radius 3 is 2.79 bits per heavy atom. The zero-order valence-electron chi connectivity index (χ0n) is 16.6. The van der Waals surface area contributed by atoms with E-state index in [4.69, 9.17) is 10.5 Å². The molecular weight excluding hydrogens is 394 g/mol. The highest BCUT2D eigenvalue weighted by molar-refractivity contribution is 7.14. The van der Waals surface area contributed by atoms with Crippen LogP contribution < -0.4 is 17.0 Å². The van der Waals surface area contributed by atoms with Gasteiger partial charge in [-0.15, -0.1) is 11.3 Å². The molecule has 0 saturated heterocycles. The van der Waals surface area contributed by atoms with Gasteiger partial charge in [-0.05, 0) is 43.2 Å². The smallest absolute Gasteiger partial charge is 0.348 e. The maximum Gasteiger partial charge on any atom is 0.348 e. The number of hydrogen-bond acceptors (Lipinski definition) is 7. The predicted molar refractivity (Wildman–Crippen MR) is 111 cm³/mol. The largest absolute Gasteiger partial charge is 0.453 e. The molecular formula is C20H25N3O5S. The number of hydrogen-bond donors (Lipinski definition) is 2. The molecule has 0 fully saturated rings. The van der Waals surface area contributed by atoms with Crippen LogP contribution in [0, 0.1) is 5.92 Å². The highest BCUT2D eigenvalue weighted by Gasteiger charge is 2.24. The van der Waals surface area contributed by atoms with Gasteiger partial charge in [-0.25, -0.2) is 9.59 Å². The fourth-order valence-electron chi connectivity index (χ4n) is 3.63. The zero-order valence-corrected chi connectivity index (χ0v) is 17.4. The van der Waals surface area contributed by atoms with E-state index in [2.05, 4.69) is 11.9 Å². The Morgan fingerprint density at radius 1 is 1.34 bits per heavy atom. The van der Waals surface area contributed by atoms with Crippen molar-refractivity contribution in [2.75, 3.05) is 12.3 Å². The first-order chi connectivity index (χ1) is 13.8. The minimum atomic E-state index is -0.877. The average Bonchev–Trinajstić information content (AvgIpc) is 3.12. The van der Waals surface area contributed by atoms with Crippen molar-refractivity contribution in [3.63, 3.8) is 0 Å². The van der Waals surface area contributed by atoms with Crippen molar-refractivity contribution in [3.05, 3.63) is 47.8 Å². The molecule has 0 bridgehead atoms. The number of nitrogens with two attached hydrogens (primary N) is 1. The van der Waals surface area contributed by atoms with Crippen molar-refractivity contribution >= 4 is 28.9 Å². The number of rotatable bonds is 7. The topological polar surface area (TPSA) is 124 Å². The molecule has 0 unspecified atom stereocenters. The second kappa shape index (κ2) is 8.77. The van der Waals surface area contributed by atoms with E-state index in [9.17, 15) is 19.2 Å². The lowest BCUT2D eigenvalue weighted by molar-refractivity contribution is 0.0479. The third-order valence-electron chi connectivity index (χ3n) is 5.26. The SMILES string of the molecule is CCCn1c(N)c(C(=O)COC(=O)c2cc3c(s2)CC[C@H](CC)C3)c(=O)[nH]c1=O. The Morgan fingerprint density at radius 2 is 2.10 bits per heavy atom. The van der Waals surface area contributed by atoms with Crippen molar-refractivity contribution in [3.8, 4) is 0 Å². The van der Waals surface area contributed by atoms with Gasteiger partial charge >= 0.3 is 11.7 Å². The summed E-state index contributed by atoms with van der Waals surface area (Å²) < 4.78 is 6.27. The number of Topliss-reactive ketones (excluding diaryl/α,β-unsaturated/α-hetero) is 1. The molecule has 3 rings (SSSR count). The first-order valence-corrected chi connectivity index (χ1v) is 10.6. The van der Waals surface area contributed by atoms with Gasteiger partial charge in [0.25, 0.3) is 5.56 Å². The van der Waals surface area contributed by atoms with Crippen LogP contribution in [0.25, 0.3) is 0 Å². The molecule has 0 aliphatic heterocycles. The van der Waals surface area contributed by atoms with Gasteiger partial charge in [-0.2, -0.15) is 0 Å². The zero-order chi connectivity index (χ0) is 21.1. The van der Waals surface area contributed by atoms with E-state index in [1.165, 1.54) is 21.8 Å². The fourth-order valence-corrected chi connectivity index (χ4v) is 4.73. The highest BCUT2D eigenvalue weighted by Crippen LogP contribution is 2.33. The number of esters is 1. The molecule has 0 aromatic carbocycles. The van der Waals surface area contributed by atoms with Gasteiger partial charge in [0.05, 0.1) is 0 Å². The second-order valence-electron chi connectivity index (χ2n) is 7.25. The van der Waals surface area contributed by atoms with Crippen LogP contribution in [-0.4, -0.2) is 27.9 Å². The summed E-state index contributed by atoms with van der Waals surface area (Å²) in [6.45, 7) is 3.65. The molecule has 29 heavy (non-hydrogen) atoms. The number of carbonyl (C=O) groups is 2. The van der Waals surface area contributed by atoms with Gasteiger partial charge in [0, 0.05) is 11.4 Å². The molecule has 0 saturated carbocycles. The molecule has 1 aliphatic rings. The molecule has 8 nitrogen and oxygen atoms in total. The lowest BCUT2D eigenvalue weighted by atomic mass is 9.87. The first-order valence-electron chi connectivity index (χ1n) is 9.80.